The summed E-state index contributed by atoms with van der Waals surface area (Å²) in [5, 5.41) is 19.7. The van der Waals surface area contributed by atoms with Gasteiger partial charge in [0.05, 0.1) is 18.1 Å². The molecule has 0 aromatic carbocycles. The molecular weight excluding hydrogens is 306 g/mol. The number of β-lactam (4-membered cyclic amide) rings is 1. The number of aromatic nitrogens is 2. The first kappa shape index (κ1) is 15.0. The Morgan fingerprint density at radius 3 is 2.59 bits per heavy atom. The quantitative estimate of drug-likeness (QED) is 0.622. The Hall–Kier alpha value is -1.93. The fraction of sp³-hybridized carbons (Fsp3) is 0.429. The van der Waals surface area contributed by atoms with Crippen LogP contribution in [0.5, 0.6) is 0 Å². The van der Waals surface area contributed by atoms with E-state index in [1.54, 1.807) is 25.4 Å². The van der Waals surface area contributed by atoms with Crippen LogP contribution in [0.2, 0.25) is 0 Å². The fourth-order valence-electron chi connectivity index (χ4n) is 3.09. The number of carboxylic acids is 1. The van der Waals surface area contributed by atoms with Crippen LogP contribution in [0.4, 0.5) is 0 Å². The Morgan fingerprint density at radius 2 is 2.05 bits per heavy atom. The van der Waals surface area contributed by atoms with Crippen molar-refractivity contribution in [3.63, 3.8) is 0 Å². The summed E-state index contributed by atoms with van der Waals surface area (Å²) in [7, 11) is 0. The summed E-state index contributed by atoms with van der Waals surface area (Å²) in [6.07, 6.45) is 2.35. The van der Waals surface area contributed by atoms with Gasteiger partial charge in [-0.2, -0.15) is 0 Å². The van der Waals surface area contributed by atoms with Gasteiger partial charge in [0.15, 0.2) is 5.16 Å². The van der Waals surface area contributed by atoms with Crippen LogP contribution in [0.15, 0.2) is 34.2 Å². The maximum atomic E-state index is 12.2. The Kier molecular flexibility index (Phi) is 3.65. The minimum Gasteiger partial charge on any atom is -0.477 e. The van der Waals surface area contributed by atoms with Gasteiger partial charge in [0.25, 0.3) is 0 Å². The summed E-state index contributed by atoms with van der Waals surface area (Å²) in [6.45, 7) is 3.42. The van der Waals surface area contributed by atoms with Crippen LogP contribution < -0.4 is 0 Å². The number of amides is 1. The molecule has 1 aromatic rings. The van der Waals surface area contributed by atoms with E-state index in [9.17, 15) is 19.8 Å². The normalized spacial score (nSPS) is 28.4. The molecule has 2 N–H and O–H groups in total. The molecule has 0 bridgehead atoms. The third-order valence-electron chi connectivity index (χ3n) is 4.05. The molecule has 1 amide bonds. The van der Waals surface area contributed by atoms with Gasteiger partial charge in [-0.05, 0) is 13.0 Å². The van der Waals surface area contributed by atoms with Gasteiger partial charge in [-0.3, -0.25) is 4.79 Å². The van der Waals surface area contributed by atoms with E-state index < -0.39 is 18.0 Å². The Morgan fingerprint density at radius 1 is 1.41 bits per heavy atom. The number of hydrogen-bond acceptors (Lipinski definition) is 6. The van der Waals surface area contributed by atoms with Crippen molar-refractivity contribution in [2.75, 3.05) is 0 Å². The monoisotopic (exact) mass is 321 g/mol. The van der Waals surface area contributed by atoms with Crippen LogP contribution >= 0.6 is 11.8 Å². The number of carboxylic acid groups (broad SMARTS) is 1. The van der Waals surface area contributed by atoms with Gasteiger partial charge >= 0.3 is 5.97 Å². The third kappa shape index (κ3) is 2.10. The first-order valence-electron chi connectivity index (χ1n) is 6.87. The van der Waals surface area contributed by atoms with Crippen molar-refractivity contribution in [1.82, 2.24) is 14.9 Å². The molecule has 0 aliphatic carbocycles. The third-order valence-corrected chi connectivity index (χ3v) is 5.23. The molecule has 0 spiro atoms. The topological polar surface area (TPSA) is 104 Å². The first-order valence-corrected chi connectivity index (χ1v) is 7.68. The summed E-state index contributed by atoms with van der Waals surface area (Å²) in [6, 6.07) is 1.36. The van der Waals surface area contributed by atoms with Gasteiger partial charge < -0.3 is 15.1 Å². The fourth-order valence-corrected chi connectivity index (χ4v) is 4.12. The highest BCUT2D eigenvalue weighted by Crippen LogP contribution is 2.51. The smallest absolute Gasteiger partial charge is 0.353 e. The lowest BCUT2D eigenvalue weighted by atomic mass is 9.79. The predicted octanol–water partition coefficient (Wildman–Crippen LogP) is 0.722. The van der Waals surface area contributed by atoms with E-state index >= 15 is 0 Å². The van der Waals surface area contributed by atoms with Crippen LogP contribution in [0.1, 0.15) is 13.8 Å². The molecule has 1 fully saturated rings. The second kappa shape index (κ2) is 5.36. The number of aliphatic hydroxyl groups excluding tert-OH is 1. The maximum absolute atomic E-state index is 12.2. The standard InChI is InChI=1S/C14H15N3O4S/c1-6-9-8(7(2)18)12(19)17(9)10(13(20)21)11(6)22-14-15-4-3-5-16-14/h3-9,18H,1-2H3,(H,20,21)/t6-,7+,8+,9+/m0/s1. The SMILES string of the molecule is C[C@@H]1C(Sc2ncccn2)=C(C(=O)O)N2C(=O)[C@H]([C@@H](C)O)[C@@H]12. The molecule has 0 unspecified atom stereocenters. The van der Waals surface area contributed by atoms with E-state index in [4.69, 9.17) is 0 Å². The lowest BCUT2D eigenvalue weighted by Gasteiger charge is -2.46. The molecule has 116 valence electrons. The number of aliphatic hydroxyl groups is 1. The largest absolute Gasteiger partial charge is 0.477 e. The highest BCUT2D eigenvalue weighted by atomic mass is 32.2. The molecule has 7 nitrogen and oxygen atoms in total. The Bertz CT molecular complexity index is 661. The highest BCUT2D eigenvalue weighted by Gasteiger charge is 2.60. The average molecular weight is 321 g/mol. The zero-order chi connectivity index (χ0) is 16.0. The summed E-state index contributed by atoms with van der Waals surface area (Å²) in [4.78, 5) is 33.8. The van der Waals surface area contributed by atoms with Gasteiger partial charge in [0, 0.05) is 23.2 Å². The number of aliphatic carboxylic acids is 1. The summed E-state index contributed by atoms with van der Waals surface area (Å²) in [5.74, 6) is -2.23. The lowest BCUT2D eigenvalue weighted by Crippen LogP contribution is -2.63. The molecule has 22 heavy (non-hydrogen) atoms. The van der Waals surface area contributed by atoms with Crippen molar-refractivity contribution >= 4 is 23.6 Å². The van der Waals surface area contributed by atoms with E-state index in [1.165, 1.54) is 4.90 Å². The molecule has 2 aliphatic heterocycles. The average Bonchev–Trinajstić information content (AvgIpc) is 2.70. The number of rotatable bonds is 4. The summed E-state index contributed by atoms with van der Waals surface area (Å²) < 4.78 is 0. The number of hydrogen-bond donors (Lipinski definition) is 2. The molecule has 4 atom stereocenters. The van der Waals surface area contributed by atoms with E-state index in [1.807, 2.05) is 6.92 Å². The molecule has 1 aromatic heterocycles. The van der Waals surface area contributed by atoms with E-state index in [2.05, 4.69) is 9.97 Å². The molecule has 1 saturated heterocycles. The van der Waals surface area contributed by atoms with Crippen LogP contribution in [0, 0.1) is 11.8 Å². The summed E-state index contributed by atoms with van der Waals surface area (Å²) in [5.41, 5.74) is -0.0168. The number of carbonyl (C=O) groups is 2. The minimum atomic E-state index is -1.15. The van der Waals surface area contributed by atoms with Gasteiger partial charge in [-0.1, -0.05) is 18.7 Å². The molecular formula is C14H15N3O4S. The van der Waals surface area contributed by atoms with Crippen molar-refractivity contribution in [1.29, 1.82) is 0 Å². The van der Waals surface area contributed by atoms with Crippen LogP contribution in [0.3, 0.4) is 0 Å². The van der Waals surface area contributed by atoms with Crippen LogP contribution in [-0.4, -0.2) is 49.1 Å². The van der Waals surface area contributed by atoms with Gasteiger partial charge in [-0.25, -0.2) is 14.8 Å². The summed E-state index contributed by atoms with van der Waals surface area (Å²) >= 11 is 1.16. The minimum absolute atomic E-state index is 0.0168. The molecule has 3 rings (SSSR count). The van der Waals surface area contributed by atoms with Gasteiger partial charge in [0.2, 0.25) is 5.91 Å². The maximum Gasteiger partial charge on any atom is 0.353 e. The van der Waals surface area contributed by atoms with Crippen molar-refractivity contribution in [2.45, 2.75) is 31.1 Å². The van der Waals surface area contributed by atoms with Gasteiger partial charge in [-0.15, -0.1) is 0 Å². The number of carbonyl (C=O) groups excluding carboxylic acids is 1. The molecule has 2 aliphatic rings. The zero-order valence-corrected chi connectivity index (χ0v) is 12.8. The van der Waals surface area contributed by atoms with Crippen LogP contribution in [-0.2, 0) is 9.59 Å². The number of thioether (sulfide) groups is 1. The number of nitrogens with zero attached hydrogens (tertiary/aromatic N) is 3. The van der Waals surface area contributed by atoms with E-state index in [0.717, 1.165) is 11.8 Å². The lowest BCUT2D eigenvalue weighted by molar-refractivity contribution is -0.163. The van der Waals surface area contributed by atoms with Gasteiger partial charge in [0.1, 0.15) is 5.70 Å². The zero-order valence-electron chi connectivity index (χ0n) is 12.0. The first-order chi connectivity index (χ1) is 10.4. The van der Waals surface area contributed by atoms with Crippen LogP contribution in [0.25, 0.3) is 0 Å². The second-order valence-electron chi connectivity index (χ2n) is 5.41. The second-order valence-corrected chi connectivity index (χ2v) is 6.41. The molecule has 3 heterocycles. The Labute approximate surface area is 131 Å². The highest BCUT2D eigenvalue weighted by molar-refractivity contribution is 8.03. The number of fused-ring (bicyclic) bond motifs is 1. The van der Waals surface area contributed by atoms with E-state index in [-0.39, 0.29) is 23.6 Å². The van der Waals surface area contributed by atoms with Crippen molar-refractivity contribution in [3.8, 4) is 0 Å². The Balaban J connectivity index is 1.97. The van der Waals surface area contributed by atoms with E-state index in [0.29, 0.717) is 10.1 Å². The van der Waals surface area contributed by atoms with Crippen molar-refractivity contribution in [2.24, 2.45) is 11.8 Å². The molecule has 8 heteroatoms. The predicted molar refractivity (Wildman–Crippen MR) is 77.5 cm³/mol. The van der Waals surface area contributed by atoms with Crippen molar-refractivity contribution in [3.05, 3.63) is 29.1 Å². The van der Waals surface area contributed by atoms with Crippen molar-refractivity contribution < 1.29 is 19.8 Å². The molecule has 0 saturated carbocycles. The molecule has 0 radical (unpaired) electrons.